The third-order valence-electron chi connectivity index (χ3n) is 3.64. The van der Waals surface area contributed by atoms with E-state index >= 15 is 0 Å². The predicted molar refractivity (Wildman–Crippen MR) is 139 cm³/mol. The maximum atomic E-state index is 11.3. The van der Waals surface area contributed by atoms with E-state index in [1.165, 1.54) is 0 Å². The molecule has 0 bridgehead atoms. The van der Waals surface area contributed by atoms with E-state index < -0.39 is 48.3 Å². The first-order valence-electron chi connectivity index (χ1n) is 11.0. The molecular weight excluding hydrogens is 481 g/mol. The minimum atomic E-state index is -3.42. The van der Waals surface area contributed by atoms with Crippen molar-refractivity contribution in [3.63, 3.8) is 0 Å². The van der Waals surface area contributed by atoms with Crippen LogP contribution in [0.2, 0.25) is 72.0 Å². The van der Waals surface area contributed by atoms with Crippen LogP contribution in [-0.4, -0.2) is 67.2 Å². The van der Waals surface area contributed by atoms with Gasteiger partial charge in [-0.3, -0.25) is 0 Å². The molecule has 0 spiro atoms. The highest BCUT2D eigenvalue weighted by Crippen LogP contribution is 2.31. The van der Waals surface area contributed by atoms with Crippen molar-refractivity contribution in [3.8, 4) is 0 Å². The van der Waals surface area contributed by atoms with Gasteiger partial charge in [0.25, 0.3) is 0 Å². The smallest absolute Gasteiger partial charge is 0.460 e. The summed E-state index contributed by atoms with van der Waals surface area (Å²) in [4.78, 5) is 11.3. The van der Waals surface area contributed by atoms with Crippen molar-refractivity contribution < 1.29 is 30.7 Å². The van der Waals surface area contributed by atoms with E-state index in [4.69, 9.17) is 25.9 Å². The predicted octanol–water partition coefficient (Wildman–Crippen LogP) is 5.26. The van der Waals surface area contributed by atoms with Crippen molar-refractivity contribution in [1.82, 2.24) is 0 Å². The number of ether oxygens (including phenoxy) is 2. The van der Waals surface area contributed by atoms with Crippen molar-refractivity contribution >= 4 is 48.3 Å². The topological polar surface area (TPSA) is 72.5 Å². The number of esters is 1. The zero-order valence-corrected chi connectivity index (χ0v) is 26.8. The molecule has 0 saturated heterocycles. The Kier molecular flexibility index (Phi) is 12.0. The zero-order chi connectivity index (χ0) is 24.7. The summed E-state index contributed by atoms with van der Waals surface area (Å²) < 4.78 is 38.0. The Balaban J connectivity index is 5.81. The lowest BCUT2D eigenvalue weighted by Crippen LogP contribution is -2.67. The SMILES string of the molecule is C=CC(=O)OCCOC(CC)[Si](C)(C)O[Si](O[Si](C)(C)C)(O[Si](C)(C)C)O[Si](C)(C)C. The lowest BCUT2D eigenvalue weighted by atomic mass is 10.5. The summed E-state index contributed by atoms with van der Waals surface area (Å²) in [5, 5.41) is 0. The Hall–Kier alpha value is 0.0944. The summed E-state index contributed by atoms with van der Waals surface area (Å²) in [5.74, 6) is -0.452. The van der Waals surface area contributed by atoms with Crippen LogP contribution in [0.1, 0.15) is 13.3 Å². The fourth-order valence-electron chi connectivity index (χ4n) is 2.84. The van der Waals surface area contributed by atoms with Crippen molar-refractivity contribution in [2.45, 2.75) is 91.1 Å². The quantitative estimate of drug-likeness (QED) is 0.125. The molecule has 0 heterocycles. The monoisotopic (exact) mass is 526 g/mol. The Morgan fingerprint density at radius 3 is 1.52 bits per heavy atom. The van der Waals surface area contributed by atoms with Crippen LogP contribution >= 0.6 is 0 Å². The number of carbonyl (C=O) groups excluding carboxylic acids is 1. The molecule has 0 aliphatic carbocycles. The van der Waals surface area contributed by atoms with Gasteiger partial charge in [0.2, 0.25) is 8.32 Å². The average Bonchev–Trinajstić information content (AvgIpc) is 2.47. The maximum Gasteiger partial charge on any atom is 0.637 e. The molecule has 12 heteroatoms. The highest BCUT2D eigenvalue weighted by molar-refractivity contribution is 6.91. The average molecular weight is 527 g/mol. The Morgan fingerprint density at radius 1 is 0.774 bits per heavy atom. The van der Waals surface area contributed by atoms with Crippen LogP contribution in [0.4, 0.5) is 0 Å². The van der Waals surface area contributed by atoms with Gasteiger partial charge in [0.05, 0.1) is 12.3 Å². The molecule has 1 atom stereocenters. The molecule has 7 nitrogen and oxygen atoms in total. The lowest BCUT2D eigenvalue weighted by molar-refractivity contribution is -0.139. The van der Waals surface area contributed by atoms with E-state index in [2.05, 4.69) is 85.5 Å². The van der Waals surface area contributed by atoms with E-state index in [9.17, 15) is 4.79 Å². The van der Waals surface area contributed by atoms with Gasteiger partial charge < -0.3 is 25.9 Å². The molecule has 0 radical (unpaired) electrons. The third-order valence-corrected chi connectivity index (χ3v) is 19.2. The van der Waals surface area contributed by atoms with Gasteiger partial charge in [0, 0.05) is 6.08 Å². The molecule has 0 N–H and O–H groups in total. The van der Waals surface area contributed by atoms with E-state index in [0.717, 1.165) is 12.5 Å². The van der Waals surface area contributed by atoms with E-state index in [-0.39, 0.29) is 12.3 Å². The third kappa shape index (κ3) is 14.1. The number of rotatable bonds is 15. The fraction of sp³-hybridized carbons (Fsp3) is 0.842. The molecule has 1 unspecified atom stereocenters. The molecule has 0 aliphatic heterocycles. The second-order valence-electron chi connectivity index (χ2n) is 11.0. The molecule has 0 aliphatic rings. The highest BCUT2D eigenvalue weighted by atomic mass is 28.5. The van der Waals surface area contributed by atoms with E-state index in [0.29, 0.717) is 6.61 Å². The molecule has 31 heavy (non-hydrogen) atoms. The molecule has 0 fully saturated rings. The van der Waals surface area contributed by atoms with Crippen LogP contribution < -0.4 is 0 Å². The second-order valence-corrected chi connectivity index (χ2v) is 31.8. The standard InChI is InChI=1S/C19H46O7Si5/c1-14-18(20)21-16-17-22-19(15-2)30(12,13)26-31(23-27(3,4)5,24-28(6,7)8)25-29(9,10)11/h14,19H,1,15-17H2,2-13H3. The van der Waals surface area contributed by atoms with Crippen LogP contribution in [0.3, 0.4) is 0 Å². The van der Waals surface area contributed by atoms with Crippen LogP contribution in [0.25, 0.3) is 0 Å². The molecule has 0 aromatic rings. The van der Waals surface area contributed by atoms with Crippen LogP contribution in [-0.2, 0) is 30.7 Å². The zero-order valence-electron chi connectivity index (χ0n) is 21.8. The molecular formula is C19H46O7Si5. The Bertz CT molecular complexity index is 539. The van der Waals surface area contributed by atoms with Crippen molar-refractivity contribution in [3.05, 3.63) is 12.7 Å². The van der Waals surface area contributed by atoms with Gasteiger partial charge in [-0.15, -0.1) is 0 Å². The maximum absolute atomic E-state index is 11.3. The van der Waals surface area contributed by atoms with Gasteiger partial charge in [0.1, 0.15) is 6.61 Å². The van der Waals surface area contributed by atoms with E-state index in [1.54, 1.807) is 0 Å². The lowest BCUT2D eigenvalue weighted by Gasteiger charge is -2.45. The largest absolute Gasteiger partial charge is 0.637 e. The molecule has 0 aromatic carbocycles. The highest BCUT2D eigenvalue weighted by Gasteiger charge is 2.57. The van der Waals surface area contributed by atoms with Crippen LogP contribution in [0.5, 0.6) is 0 Å². The number of hydrogen-bond donors (Lipinski definition) is 0. The summed E-state index contributed by atoms with van der Waals surface area (Å²) in [5.41, 5.74) is -0.123. The first-order chi connectivity index (χ1) is 13.7. The van der Waals surface area contributed by atoms with Gasteiger partial charge in [-0.05, 0) is 78.4 Å². The number of carbonyl (C=O) groups is 1. The summed E-state index contributed by atoms with van der Waals surface area (Å²) in [6.07, 6.45) is 1.92. The molecule has 184 valence electrons. The van der Waals surface area contributed by atoms with Gasteiger partial charge in [0.15, 0.2) is 25.0 Å². The normalized spacial score (nSPS) is 15.0. The summed E-state index contributed by atoms with van der Waals surface area (Å²) >= 11 is 0. The Labute approximate surface area is 195 Å². The van der Waals surface area contributed by atoms with Crippen molar-refractivity contribution in [1.29, 1.82) is 0 Å². The second kappa shape index (κ2) is 12.0. The van der Waals surface area contributed by atoms with Crippen molar-refractivity contribution in [2.75, 3.05) is 13.2 Å². The first kappa shape index (κ1) is 31.1. The minimum Gasteiger partial charge on any atom is -0.460 e. The summed E-state index contributed by atoms with van der Waals surface area (Å²) in [6.45, 7) is 29.4. The van der Waals surface area contributed by atoms with Gasteiger partial charge in [-0.2, -0.15) is 0 Å². The van der Waals surface area contributed by atoms with Crippen molar-refractivity contribution in [2.24, 2.45) is 0 Å². The van der Waals surface area contributed by atoms with Gasteiger partial charge >= 0.3 is 15.0 Å². The van der Waals surface area contributed by atoms with Crippen LogP contribution in [0.15, 0.2) is 12.7 Å². The Morgan fingerprint density at radius 2 is 1.19 bits per heavy atom. The molecule has 0 aromatic heterocycles. The van der Waals surface area contributed by atoms with E-state index in [1.807, 2.05) is 0 Å². The first-order valence-corrected chi connectivity index (χ1v) is 25.8. The molecule has 0 amide bonds. The number of hydrogen-bond acceptors (Lipinski definition) is 7. The van der Waals surface area contributed by atoms with Gasteiger partial charge in [-0.25, -0.2) is 4.79 Å². The molecule has 0 rings (SSSR count). The minimum absolute atomic E-state index is 0.123. The van der Waals surface area contributed by atoms with Crippen LogP contribution in [0, 0.1) is 0 Å². The van der Waals surface area contributed by atoms with Gasteiger partial charge in [-0.1, -0.05) is 13.5 Å². The summed E-state index contributed by atoms with van der Waals surface area (Å²) in [7, 11) is -12.0. The molecule has 0 saturated carbocycles. The summed E-state index contributed by atoms with van der Waals surface area (Å²) in [6, 6.07) is 0. The fourth-order valence-corrected chi connectivity index (χ4v) is 19.7.